The van der Waals surface area contributed by atoms with E-state index >= 15 is 0 Å². The molecule has 12 rings (SSSR count). The van der Waals surface area contributed by atoms with Crippen LogP contribution in [0.5, 0.6) is 0 Å². The minimum Gasteiger partial charge on any atom is -0.309 e. The van der Waals surface area contributed by atoms with Gasteiger partial charge in [-0.2, -0.15) is 0 Å². The Labute approximate surface area is 364 Å². The molecule has 2 heteroatoms. The molecule has 1 nitrogen and oxygen atoms in total. The highest BCUT2D eigenvalue weighted by molar-refractivity contribution is 7.25. The molecular formula is C60H39NS. The highest BCUT2D eigenvalue weighted by Crippen LogP contribution is 2.47. The molecule has 12 aromatic rings. The van der Waals surface area contributed by atoms with Crippen LogP contribution in [0, 0.1) is 0 Å². The van der Waals surface area contributed by atoms with Gasteiger partial charge < -0.3 is 4.90 Å². The Kier molecular flexibility index (Phi) is 8.76. The molecule has 0 saturated heterocycles. The fourth-order valence-corrected chi connectivity index (χ4v) is 10.8. The van der Waals surface area contributed by atoms with Crippen LogP contribution in [0.25, 0.3) is 96.3 Å². The quantitative estimate of drug-likeness (QED) is 0.167. The summed E-state index contributed by atoms with van der Waals surface area (Å²) in [5, 5.41) is 14.8. The van der Waals surface area contributed by atoms with Crippen molar-refractivity contribution in [3.8, 4) is 22.3 Å². The summed E-state index contributed by atoms with van der Waals surface area (Å²) in [7, 11) is 0. The fourth-order valence-electron chi connectivity index (χ4n) is 9.67. The summed E-state index contributed by atoms with van der Waals surface area (Å²) in [6.07, 6.45) is 0. The van der Waals surface area contributed by atoms with Crippen LogP contribution in [0.15, 0.2) is 237 Å². The van der Waals surface area contributed by atoms with Crippen molar-refractivity contribution >= 4 is 102 Å². The van der Waals surface area contributed by atoms with Gasteiger partial charge in [-0.3, -0.25) is 0 Å². The molecule has 0 aliphatic carbocycles. The molecule has 0 spiro atoms. The molecule has 0 bridgehead atoms. The van der Waals surface area contributed by atoms with E-state index in [4.69, 9.17) is 0 Å². The maximum Gasteiger partial charge on any atom is 0.0540 e. The molecule has 0 fully saturated rings. The summed E-state index contributed by atoms with van der Waals surface area (Å²) in [6.45, 7) is 0. The van der Waals surface area contributed by atoms with E-state index in [1.807, 2.05) is 11.3 Å². The largest absolute Gasteiger partial charge is 0.309 e. The number of hydrogen-bond donors (Lipinski definition) is 0. The SMILES string of the molecule is c1ccc(-c2ccccc2N(c2ccc3c(c2)c2ccccc2c2ccccc2c2ccccc2c2cc4c(cc32)sc2ccccc24)c2ccccc2-c2ccccc2)cc1. The molecule has 0 saturated carbocycles. The maximum absolute atomic E-state index is 2.48. The Bertz CT molecular complexity index is 3670. The Morgan fingerprint density at radius 3 is 1.16 bits per heavy atom. The fraction of sp³-hybridized carbons (Fsp3) is 0. The zero-order valence-electron chi connectivity index (χ0n) is 33.9. The van der Waals surface area contributed by atoms with Gasteiger partial charge in [-0.1, -0.05) is 194 Å². The van der Waals surface area contributed by atoms with Crippen LogP contribution in [0.4, 0.5) is 17.1 Å². The van der Waals surface area contributed by atoms with Crippen LogP contribution < -0.4 is 4.90 Å². The monoisotopic (exact) mass is 805 g/mol. The number of nitrogens with zero attached hydrogens (tertiary/aromatic N) is 1. The normalized spacial score (nSPS) is 11.5. The second kappa shape index (κ2) is 15.0. The lowest BCUT2D eigenvalue weighted by Crippen LogP contribution is -2.12. The minimum absolute atomic E-state index is 1.08. The molecule has 0 aliphatic heterocycles. The van der Waals surface area contributed by atoms with Crippen molar-refractivity contribution in [1.29, 1.82) is 0 Å². The van der Waals surface area contributed by atoms with Gasteiger partial charge in [0.15, 0.2) is 0 Å². The molecule has 290 valence electrons. The average Bonchev–Trinajstić information content (AvgIpc) is 3.72. The molecule has 0 aliphatic rings. The molecule has 11 aromatic carbocycles. The summed E-state index contributed by atoms with van der Waals surface area (Å²) in [4.78, 5) is 2.48. The summed E-state index contributed by atoms with van der Waals surface area (Å²) in [5.74, 6) is 0. The van der Waals surface area contributed by atoms with E-state index in [9.17, 15) is 0 Å². The molecule has 0 atom stereocenters. The summed E-state index contributed by atoms with van der Waals surface area (Å²) >= 11 is 1.88. The van der Waals surface area contributed by atoms with Gasteiger partial charge in [0.25, 0.3) is 0 Å². The van der Waals surface area contributed by atoms with E-state index in [0.29, 0.717) is 0 Å². The smallest absolute Gasteiger partial charge is 0.0540 e. The van der Waals surface area contributed by atoms with Crippen molar-refractivity contribution in [2.45, 2.75) is 0 Å². The van der Waals surface area contributed by atoms with E-state index < -0.39 is 0 Å². The molecule has 1 aromatic heterocycles. The molecule has 62 heavy (non-hydrogen) atoms. The van der Waals surface area contributed by atoms with Gasteiger partial charge in [0.2, 0.25) is 0 Å². The first-order valence-electron chi connectivity index (χ1n) is 21.3. The highest BCUT2D eigenvalue weighted by Gasteiger charge is 2.21. The van der Waals surface area contributed by atoms with Crippen LogP contribution in [0.3, 0.4) is 0 Å². The third kappa shape index (κ3) is 5.99. The average molecular weight is 806 g/mol. The van der Waals surface area contributed by atoms with Crippen molar-refractivity contribution in [2.24, 2.45) is 0 Å². The van der Waals surface area contributed by atoms with Crippen molar-refractivity contribution in [1.82, 2.24) is 0 Å². The first-order chi connectivity index (χ1) is 30.8. The molecule has 0 radical (unpaired) electrons. The van der Waals surface area contributed by atoms with E-state index in [0.717, 1.165) is 17.1 Å². The second-order valence-electron chi connectivity index (χ2n) is 16.0. The molecule has 1 heterocycles. The first kappa shape index (κ1) is 36.1. The van der Waals surface area contributed by atoms with Crippen molar-refractivity contribution in [2.75, 3.05) is 4.90 Å². The van der Waals surface area contributed by atoms with Gasteiger partial charge in [-0.25, -0.2) is 0 Å². The zero-order valence-corrected chi connectivity index (χ0v) is 34.7. The lowest BCUT2D eigenvalue weighted by atomic mass is 9.93. The summed E-state index contributed by atoms with van der Waals surface area (Å²) in [6, 6.07) is 87.1. The highest BCUT2D eigenvalue weighted by atomic mass is 32.1. The standard InChI is InChI=1S/C60H39NS/c1-3-19-40(20-4-1)43-23-13-16-32-57(43)61(58-33-17-14-24-44(58)41-21-5-2-6-22-41)42-35-36-51-53(37-42)49-29-11-9-27-47(49)45-25-7-8-26-46(45)48-28-10-12-30-50(48)54-38-56-52-31-15-18-34-59(52)62-60(56)39-55(51)54/h1-39H. The molecular weight excluding hydrogens is 767 g/mol. The Morgan fingerprint density at radius 1 is 0.242 bits per heavy atom. The Hall–Kier alpha value is -7.78. The van der Waals surface area contributed by atoms with Crippen LogP contribution in [0.1, 0.15) is 0 Å². The summed E-state index contributed by atoms with van der Waals surface area (Å²) < 4.78 is 2.60. The predicted molar refractivity (Wildman–Crippen MR) is 270 cm³/mol. The van der Waals surface area contributed by atoms with Gasteiger partial charge in [0, 0.05) is 37.0 Å². The molecule has 0 unspecified atom stereocenters. The van der Waals surface area contributed by atoms with Crippen LogP contribution in [-0.4, -0.2) is 0 Å². The lowest BCUT2D eigenvalue weighted by Gasteiger charge is -2.30. The van der Waals surface area contributed by atoms with Crippen molar-refractivity contribution < 1.29 is 0 Å². The van der Waals surface area contributed by atoms with Gasteiger partial charge in [-0.05, 0) is 107 Å². The van der Waals surface area contributed by atoms with Crippen LogP contribution in [0.2, 0.25) is 0 Å². The van der Waals surface area contributed by atoms with E-state index in [-0.39, 0.29) is 0 Å². The van der Waals surface area contributed by atoms with Crippen LogP contribution >= 0.6 is 11.3 Å². The van der Waals surface area contributed by atoms with Crippen molar-refractivity contribution in [3.05, 3.63) is 237 Å². The zero-order chi connectivity index (χ0) is 41.0. The number of thiophene rings is 1. The number of fused-ring (bicyclic) bond motifs is 13. The Morgan fingerprint density at radius 2 is 0.629 bits per heavy atom. The Balaban J connectivity index is 1.28. The lowest BCUT2D eigenvalue weighted by molar-refractivity contribution is 1.29. The number of para-hydroxylation sites is 2. The molecule has 0 amide bonds. The molecule has 0 N–H and O–H groups in total. The predicted octanol–water partition coefficient (Wildman–Crippen LogP) is 17.7. The third-order valence-electron chi connectivity index (χ3n) is 12.5. The van der Waals surface area contributed by atoms with E-state index in [2.05, 4.69) is 241 Å². The van der Waals surface area contributed by atoms with Crippen molar-refractivity contribution in [3.63, 3.8) is 0 Å². The van der Waals surface area contributed by atoms with Gasteiger partial charge >= 0.3 is 0 Å². The van der Waals surface area contributed by atoms with E-state index in [1.165, 1.54) is 96.3 Å². The van der Waals surface area contributed by atoms with Gasteiger partial charge in [0.05, 0.1) is 11.4 Å². The number of hydrogen-bond acceptors (Lipinski definition) is 2. The number of benzene rings is 10. The third-order valence-corrected chi connectivity index (χ3v) is 13.6. The first-order valence-corrected chi connectivity index (χ1v) is 22.1. The minimum atomic E-state index is 1.08. The summed E-state index contributed by atoms with van der Waals surface area (Å²) in [5.41, 5.74) is 7.99. The van der Waals surface area contributed by atoms with E-state index in [1.54, 1.807) is 0 Å². The number of rotatable bonds is 5. The topological polar surface area (TPSA) is 3.24 Å². The maximum atomic E-state index is 2.48. The second-order valence-corrected chi connectivity index (χ2v) is 17.0. The number of anilines is 3. The van der Waals surface area contributed by atoms with Crippen LogP contribution in [-0.2, 0) is 0 Å². The van der Waals surface area contributed by atoms with Gasteiger partial charge in [0.1, 0.15) is 0 Å². The van der Waals surface area contributed by atoms with Gasteiger partial charge in [-0.15, -0.1) is 11.3 Å².